The van der Waals surface area contributed by atoms with Crippen LogP contribution in [-0.2, 0) is 9.59 Å². The molecule has 2 unspecified atom stereocenters. The van der Waals surface area contributed by atoms with Gasteiger partial charge in [-0.1, -0.05) is 55.5 Å². The van der Waals surface area contributed by atoms with E-state index in [1.165, 1.54) is 37.3 Å². The molecule has 0 heterocycles. The summed E-state index contributed by atoms with van der Waals surface area (Å²) in [5.74, 6) is -4.17. The molecule has 0 fully saturated rings. The van der Waals surface area contributed by atoms with Gasteiger partial charge in [0.15, 0.2) is 11.2 Å². The first-order valence-electron chi connectivity index (χ1n) is 6.37. The molecule has 0 saturated heterocycles. The van der Waals surface area contributed by atoms with Gasteiger partial charge in [0.1, 0.15) is 0 Å². The highest BCUT2D eigenvalue weighted by molar-refractivity contribution is 6.15. The molecule has 1 aromatic rings. The van der Waals surface area contributed by atoms with Crippen molar-refractivity contribution in [1.82, 2.24) is 0 Å². The Kier molecular flexibility index (Phi) is 3.76. The minimum atomic E-state index is -1.90. The molecule has 0 saturated carbocycles. The fourth-order valence-electron chi connectivity index (χ4n) is 2.55. The molecule has 1 aliphatic carbocycles. The Bertz CT molecular complexity index is 657. The lowest BCUT2D eigenvalue weighted by molar-refractivity contribution is -0.145. The largest absolute Gasteiger partial charge is 0.480 e. The van der Waals surface area contributed by atoms with Gasteiger partial charge >= 0.3 is 11.9 Å². The summed E-state index contributed by atoms with van der Waals surface area (Å²) in [7, 11) is 0. The van der Waals surface area contributed by atoms with E-state index in [2.05, 4.69) is 0 Å². The Labute approximate surface area is 121 Å². The predicted molar refractivity (Wildman–Crippen MR) is 74.9 cm³/mol. The maximum absolute atomic E-state index is 12.7. The number of ketones is 1. The Morgan fingerprint density at radius 3 is 2.24 bits per heavy atom. The van der Waals surface area contributed by atoms with Crippen LogP contribution in [0.15, 0.2) is 54.1 Å². The van der Waals surface area contributed by atoms with Gasteiger partial charge in [-0.15, -0.1) is 0 Å². The zero-order chi connectivity index (χ0) is 15.6. The fraction of sp³-hybridized carbons (Fsp3) is 0.188. The van der Waals surface area contributed by atoms with Crippen molar-refractivity contribution in [1.29, 1.82) is 0 Å². The fourth-order valence-corrected chi connectivity index (χ4v) is 2.55. The number of rotatable bonds is 4. The smallest absolute Gasteiger partial charge is 0.331 e. The summed E-state index contributed by atoms with van der Waals surface area (Å²) >= 11 is 0. The van der Waals surface area contributed by atoms with E-state index in [0.29, 0.717) is 0 Å². The van der Waals surface area contributed by atoms with Gasteiger partial charge in [-0.05, 0) is 0 Å². The molecule has 0 radical (unpaired) electrons. The van der Waals surface area contributed by atoms with Crippen LogP contribution < -0.4 is 0 Å². The second-order valence-corrected chi connectivity index (χ2v) is 4.88. The summed E-state index contributed by atoms with van der Waals surface area (Å²) < 4.78 is 0. The minimum Gasteiger partial charge on any atom is -0.480 e. The van der Waals surface area contributed by atoms with E-state index in [9.17, 15) is 19.5 Å². The van der Waals surface area contributed by atoms with Crippen molar-refractivity contribution < 1.29 is 24.6 Å². The summed E-state index contributed by atoms with van der Waals surface area (Å²) in [6.45, 7) is 1.44. The van der Waals surface area contributed by atoms with Gasteiger partial charge in [-0.2, -0.15) is 0 Å². The van der Waals surface area contributed by atoms with Crippen molar-refractivity contribution in [2.75, 3.05) is 0 Å². The second-order valence-electron chi connectivity index (χ2n) is 4.88. The number of Topliss-reactive ketones (excluding diaryl/α,β-unsaturated/α-hetero) is 1. The third kappa shape index (κ3) is 2.27. The number of hydrogen-bond donors (Lipinski definition) is 2. The number of carbonyl (C=O) groups excluding carboxylic acids is 1. The maximum atomic E-state index is 12.7. The zero-order valence-electron chi connectivity index (χ0n) is 11.3. The van der Waals surface area contributed by atoms with Crippen molar-refractivity contribution in [2.45, 2.75) is 6.92 Å². The molecule has 1 aliphatic rings. The number of carboxylic acids is 2. The van der Waals surface area contributed by atoms with Crippen molar-refractivity contribution in [2.24, 2.45) is 11.3 Å². The lowest BCUT2D eigenvalue weighted by Crippen LogP contribution is -2.46. The van der Waals surface area contributed by atoms with Crippen molar-refractivity contribution in [3.63, 3.8) is 0 Å². The highest BCUT2D eigenvalue weighted by Crippen LogP contribution is 2.41. The molecule has 5 nitrogen and oxygen atoms in total. The van der Waals surface area contributed by atoms with Crippen LogP contribution in [0.1, 0.15) is 17.3 Å². The molecule has 5 heteroatoms. The van der Waals surface area contributed by atoms with Crippen LogP contribution in [0.25, 0.3) is 0 Å². The number of carboxylic acid groups (broad SMARTS) is 2. The average molecular weight is 286 g/mol. The SMILES string of the molecule is CC1C(C(=O)O)=CC=CC1(C(=O)O)C(=O)c1ccccc1. The van der Waals surface area contributed by atoms with Crippen LogP contribution in [-0.4, -0.2) is 27.9 Å². The van der Waals surface area contributed by atoms with E-state index in [4.69, 9.17) is 5.11 Å². The highest BCUT2D eigenvalue weighted by atomic mass is 16.4. The van der Waals surface area contributed by atoms with E-state index < -0.39 is 29.1 Å². The van der Waals surface area contributed by atoms with Gasteiger partial charge in [0.05, 0.1) is 0 Å². The second kappa shape index (κ2) is 5.36. The number of benzene rings is 1. The lowest BCUT2D eigenvalue weighted by Gasteiger charge is -2.33. The van der Waals surface area contributed by atoms with Crippen molar-refractivity contribution >= 4 is 17.7 Å². The van der Waals surface area contributed by atoms with Gasteiger partial charge in [-0.3, -0.25) is 9.59 Å². The normalized spacial score (nSPS) is 24.2. The standard InChI is InChI=1S/C16H14O5/c1-10-12(14(18)19)8-5-9-16(10,15(20)21)13(17)11-6-3-2-4-7-11/h2-10H,1H3,(H,18,19)(H,20,21). The molecule has 2 N–H and O–H groups in total. The Balaban J connectivity index is 2.56. The van der Waals surface area contributed by atoms with Crippen LogP contribution in [0.4, 0.5) is 0 Å². The summed E-state index contributed by atoms with van der Waals surface area (Å²) in [5, 5.41) is 18.8. The van der Waals surface area contributed by atoms with Gasteiger partial charge in [-0.25, -0.2) is 4.79 Å². The number of hydrogen-bond acceptors (Lipinski definition) is 3. The first kappa shape index (κ1) is 14.7. The average Bonchev–Trinajstić information content (AvgIpc) is 2.47. The van der Waals surface area contributed by atoms with E-state index in [1.54, 1.807) is 18.2 Å². The van der Waals surface area contributed by atoms with Gasteiger partial charge < -0.3 is 10.2 Å². The van der Waals surface area contributed by atoms with E-state index in [0.717, 1.165) is 0 Å². The van der Waals surface area contributed by atoms with Gasteiger partial charge in [0.25, 0.3) is 0 Å². The number of allylic oxidation sites excluding steroid dienone is 2. The van der Waals surface area contributed by atoms with Crippen molar-refractivity contribution in [3.8, 4) is 0 Å². The van der Waals surface area contributed by atoms with Gasteiger partial charge in [0, 0.05) is 17.1 Å². The van der Waals surface area contributed by atoms with Crippen LogP contribution in [0.3, 0.4) is 0 Å². The third-order valence-electron chi connectivity index (χ3n) is 3.80. The molecule has 1 aromatic carbocycles. The lowest BCUT2D eigenvalue weighted by atomic mass is 9.66. The van der Waals surface area contributed by atoms with Gasteiger partial charge in [0.2, 0.25) is 0 Å². The topological polar surface area (TPSA) is 91.7 Å². The van der Waals surface area contributed by atoms with Crippen LogP contribution >= 0.6 is 0 Å². The molecule has 0 bridgehead atoms. The predicted octanol–water partition coefficient (Wildman–Crippen LogP) is 2.16. The Hall–Kier alpha value is -2.69. The Morgan fingerprint density at radius 1 is 1.10 bits per heavy atom. The summed E-state index contributed by atoms with van der Waals surface area (Å²) in [6, 6.07) is 8.02. The summed E-state index contributed by atoms with van der Waals surface area (Å²) in [6.07, 6.45) is 3.91. The van der Waals surface area contributed by atoms with E-state index in [-0.39, 0.29) is 11.1 Å². The van der Waals surface area contributed by atoms with Crippen LogP contribution in [0, 0.1) is 11.3 Å². The van der Waals surface area contributed by atoms with Crippen LogP contribution in [0.2, 0.25) is 0 Å². The zero-order valence-corrected chi connectivity index (χ0v) is 11.3. The summed E-state index contributed by atoms with van der Waals surface area (Å²) in [5.41, 5.74) is -1.75. The maximum Gasteiger partial charge on any atom is 0.331 e. The molecule has 2 rings (SSSR count). The van der Waals surface area contributed by atoms with E-state index in [1.807, 2.05) is 0 Å². The molecule has 0 spiro atoms. The summed E-state index contributed by atoms with van der Waals surface area (Å²) in [4.78, 5) is 35.7. The Morgan fingerprint density at radius 2 is 1.71 bits per heavy atom. The minimum absolute atomic E-state index is 0.0934. The quantitative estimate of drug-likeness (QED) is 0.653. The first-order chi connectivity index (χ1) is 9.91. The monoisotopic (exact) mass is 286 g/mol. The first-order valence-corrected chi connectivity index (χ1v) is 6.37. The molecular formula is C16H14O5. The molecule has 0 aromatic heterocycles. The number of carbonyl (C=O) groups is 3. The molecule has 2 atom stereocenters. The van der Waals surface area contributed by atoms with Crippen LogP contribution in [0.5, 0.6) is 0 Å². The highest BCUT2D eigenvalue weighted by Gasteiger charge is 2.52. The molecule has 21 heavy (non-hydrogen) atoms. The molecule has 0 aliphatic heterocycles. The molecule has 108 valence electrons. The number of aliphatic carboxylic acids is 2. The van der Waals surface area contributed by atoms with Crippen molar-refractivity contribution in [3.05, 3.63) is 59.7 Å². The third-order valence-corrected chi connectivity index (χ3v) is 3.80. The molecule has 0 amide bonds. The van der Waals surface area contributed by atoms with E-state index >= 15 is 0 Å². The molecular weight excluding hydrogens is 272 g/mol.